The lowest BCUT2D eigenvalue weighted by atomic mass is 9.98. The standard InChI is InChI=1S/C51H94O15/c1-3-5-7-9-11-13-15-17-19-21-23-25-27-29-31-33-42(53)61-36-39(64-43(54)34-32-30-28-26-24-22-20-18-16-14-12-10-8-6-4-2)37-62-50-49(60)47(58)45(56)41(66-50)38-63-51-48(59)46(57)44(55)40(35-52)65-51/h23,25,39-41,44-52,55-60H,3-22,24,26-38H2,1-2H3/b25-23+/t39-,40-,41-,44+,45+,46?,47?,48?,49?,50-,51-/m1/s1. The maximum atomic E-state index is 13.0. The van der Waals surface area contributed by atoms with Crippen molar-refractivity contribution in [2.45, 2.75) is 274 Å². The molecule has 0 aromatic carbocycles. The maximum Gasteiger partial charge on any atom is 0.306 e. The second kappa shape index (κ2) is 39.0. The highest BCUT2D eigenvalue weighted by atomic mass is 16.7. The number of aliphatic hydroxyl groups is 7. The SMILES string of the molecule is CCCCCCCCCCC/C=C/CCCCC(=O)OC[C@H](CO[C@@H]1O[C@H](CO[C@@H]2O[C@H](CO)[C@H](O)C(O)C2O)[C@H](O)C(O)C1O)OC(=O)CCCCCCCCCCCCCCCCC. The molecule has 0 saturated carbocycles. The number of allylic oxidation sites excluding steroid dienone is 2. The van der Waals surface area contributed by atoms with Crippen LogP contribution in [0.15, 0.2) is 12.2 Å². The Balaban J connectivity index is 1.81. The lowest BCUT2D eigenvalue weighted by Crippen LogP contribution is -2.61. The molecule has 4 unspecified atom stereocenters. The number of hydrogen-bond donors (Lipinski definition) is 7. The van der Waals surface area contributed by atoms with Gasteiger partial charge < -0.3 is 64.2 Å². The van der Waals surface area contributed by atoms with Crippen molar-refractivity contribution in [3.63, 3.8) is 0 Å². The van der Waals surface area contributed by atoms with Crippen molar-refractivity contribution in [3.8, 4) is 0 Å². The van der Waals surface area contributed by atoms with Gasteiger partial charge in [0.2, 0.25) is 0 Å². The van der Waals surface area contributed by atoms with E-state index in [4.69, 9.17) is 28.4 Å². The van der Waals surface area contributed by atoms with E-state index in [2.05, 4.69) is 26.0 Å². The monoisotopic (exact) mass is 947 g/mol. The highest BCUT2D eigenvalue weighted by molar-refractivity contribution is 5.70. The van der Waals surface area contributed by atoms with Crippen LogP contribution in [0.1, 0.15) is 206 Å². The second-order valence-electron chi connectivity index (χ2n) is 18.7. The van der Waals surface area contributed by atoms with Gasteiger partial charge in [-0.25, -0.2) is 0 Å². The molecule has 0 aliphatic carbocycles. The van der Waals surface area contributed by atoms with Crippen LogP contribution < -0.4 is 0 Å². The number of unbranched alkanes of at least 4 members (excludes halogenated alkanes) is 25. The van der Waals surface area contributed by atoms with Crippen molar-refractivity contribution < 1.29 is 73.8 Å². The predicted molar refractivity (Wildman–Crippen MR) is 252 cm³/mol. The summed E-state index contributed by atoms with van der Waals surface area (Å²) in [7, 11) is 0. The van der Waals surface area contributed by atoms with Gasteiger partial charge in [0.15, 0.2) is 18.7 Å². The van der Waals surface area contributed by atoms with Crippen molar-refractivity contribution in [1.29, 1.82) is 0 Å². The minimum absolute atomic E-state index is 0.167. The fourth-order valence-electron chi connectivity index (χ4n) is 8.39. The lowest BCUT2D eigenvalue weighted by molar-refractivity contribution is -0.332. The van der Waals surface area contributed by atoms with Crippen molar-refractivity contribution >= 4 is 11.9 Å². The smallest absolute Gasteiger partial charge is 0.306 e. The maximum absolute atomic E-state index is 13.0. The number of aliphatic hydroxyl groups excluding tert-OH is 7. The molecule has 15 nitrogen and oxygen atoms in total. The molecule has 0 radical (unpaired) electrons. The quantitative estimate of drug-likeness (QED) is 0.0180. The van der Waals surface area contributed by atoms with Crippen LogP contribution >= 0.6 is 0 Å². The summed E-state index contributed by atoms with van der Waals surface area (Å²) in [6, 6.07) is 0. The van der Waals surface area contributed by atoms with Crippen LogP contribution in [0.25, 0.3) is 0 Å². The number of carbonyl (C=O) groups is 2. The molecule has 15 heteroatoms. The minimum Gasteiger partial charge on any atom is -0.462 e. The first-order chi connectivity index (χ1) is 32.0. The second-order valence-corrected chi connectivity index (χ2v) is 18.7. The summed E-state index contributed by atoms with van der Waals surface area (Å²) in [5.74, 6) is -0.940. The van der Waals surface area contributed by atoms with Gasteiger partial charge in [-0.15, -0.1) is 0 Å². The molecule has 2 heterocycles. The van der Waals surface area contributed by atoms with E-state index in [1.807, 2.05) is 0 Å². The van der Waals surface area contributed by atoms with Gasteiger partial charge in [0.1, 0.15) is 55.4 Å². The number of hydrogen-bond acceptors (Lipinski definition) is 15. The molecule has 7 N–H and O–H groups in total. The van der Waals surface area contributed by atoms with Crippen molar-refractivity contribution in [1.82, 2.24) is 0 Å². The van der Waals surface area contributed by atoms with Gasteiger partial charge in [-0.2, -0.15) is 0 Å². The summed E-state index contributed by atoms with van der Waals surface area (Å²) in [4.78, 5) is 25.7. The summed E-state index contributed by atoms with van der Waals surface area (Å²) in [6.07, 6.45) is 21.0. The third-order valence-corrected chi connectivity index (χ3v) is 12.7. The summed E-state index contributed by atoms with van der Waals surface area (Å²) in [6.45, 7) is 2.59. The molecule has 2 saturated heterocycles. The zero-order valence-electron chi connectivity index (χ0n) is 40.9. The third kappa shape index (κ3) is 26.8. The van der Waals surface area contributed by atoms with E-state index in [0.29, 0.717) is 12.8 Å². The highest BCUT2D eigenvalue weighted by Gasteiger charge is 2.47. The molecular weight excluding hydrogens is 853 g/mol. The first-order valence-electron chi connectivity index (χ1n) is 26.3. The van der Waals surface area contributed by atoms with Crippen LogP contribution in [0.3, 0.4) is 0 Å². The molecule has 0 spiro atoms. The summed E-state index contributed by atoms with van der Waals surface area (Å²) in [5.41, 5.74) is 0. The summed E-state index contributed by atoms with van der Waals surface area (Å²) >= 11 is 0. The zero-order chi connectivity index (χ0) is 48.2. The van der Waals surface area contributed by atoms with E-state index in [-0.39, 0.29) is 26.1 Å². The van der Waals surface area contributed by atoms with Crippen LogP contribution in [0.4, 0.5) is 0 Å². The summed E-state index contributed by atoms with van der Waals surface area (Å²) < 4.78 is 33.6. The molecule has 11 atom stereocenters. The Morgan fingerprint density at radius 2 is 0.864 bits per heavy atom. The fraction of sp³-hybridized carbons (Fsp3) is 0.922. The molecule has 0 aromatic heterocycles. The molecular formula is C51H94O15. The largest absolute Gasteiger partial charge is 0.462 e. The number of rotatable bonds is 41. The van der Waals surface area contributed by atoms with Gasteiger partial charge in [-0.05, 0) is 38.5 Å². The van der Waals surface area contributed by atoms with Crippen LogP contribution in [0, 0.1) is 0 Å². The number of ether oxygens (including phenoxy) is 6. The van der Waals surface area contributed by atoms with E-state index < -0.39 is 92.7 Å². The van der Waals surface area contributed by atoms with Gasteiger partial charge in [0.05, 0.1) is 19.8 Å². The van der Waals surface area contributed by atoms with Crippen molar-refractivity contribution in [3.05, 3.63) is 12.2 Å². The molecule has 0 aromatic rings. The van der Waals surface area contributed by atoms with E-state index in [9.17, 15) is 45.3 Å². The van der Waals surface area contributed by atoms with E-state index >= 15 is 0 Å². The zero-order valence-corrected chi connectivity index (χ0v) is 40.9. The Hall–Kier alpha value is -1.76. The predicted octanol–water partition coefficient (Wildman–Crippen LogP) is 7.38. The first-order valence-corrected chi connectivity index (χ1v) is 26.3. The van der Waals surface area contributed by atoms with Gasteiger partial charge in [0.25, 0.3) is 0 Å². The van der Waals surface area contributed by atoms with Gasteiger partial charge in [0, 0.05) is 12.8 Å². The normalized spacial score (nSPS) is 26.2. The average Bonchev–Trinajstić information content (AvgIpc) is 3.31. The Morgan fingerprint density at radius 3 is 1.36 bits per heavy atom. The van der Waals surface area contributed by atoms with E-state index in [1.165, 1.54) is 128 Å². The van der Waals surface area contributed by atoms with Crippen LogP contribution in [0.2, 0.25) is 0 Å². The molecule has 0 bridgehead atoms. The van der Waals surface area contributed by atoms with E-state index in [1.54, 1.807) is 0 Å². The molecule has 66 heavy (non-hydrogen) atoms. The van der Waals surface area contributed by atoms with Crippen LogP contribution in [-0.4, -0.2) is 142 Å². The Kier molecular flexibility index (Phi) is 35.7. The third-order valence-electron chi connectivity index (χ3n) is 12.7. The molecule has 2 fully saturated rings. The van der Waals surface area contributed by atoms with Crippen molar-refractivity contribution in [2.24, 2.45) is 0 Å². The Bertz CT molecular complexity index is 1210. The van der Waals surface area contributed by atoms with E-state index in [0.717, 1.165) is 38.5 Å². The van der Waals surface area contributed by atoms with Crippen LogP contribution in [0.5, 0.6) is 0 Å². The van der Waals surface area contributed by atoms with Crippen molar-refractivity contribution in [2.75, 3.05) is 26.4 Å². The molecule has 2 rings (SSSR count). The topological polar surface area (TPSA) is 231 Å². The van der Waals surface area contributed by atoms with Crippen LogP contribution in [-0.2, 0) is 38.0 Å². The summed E-state index contributed by atoms with van der Waals surface area (Å²) in [5, 5.41) is 72.1. The fourth-order valence-corrected chi connectivity index (χ4v) is 8.39. The molecule has 0 amide bonds. The Morgan fingerprint density at radius 1 is 0.470 bits per heavy atom. The van der Waals surface area contributed by atoms with Gasteiger partial charge >= 0.3 is 11.9 Å². The van der Waals surface area contributed by atoms with Gasteiger partial charge in [-0.1, -0.05) is 167 Å². The first kappa shape index (κ1) is 60.4. The number of esters is 2. The minimum atomic E-state index is -1.76. The molecule has 2 aliphatic rings. The average molecular weight is 947 g/mol. The van der Waals surface area contributed by atoms with Gasteiger partial charge in [-0.3, -0.25) is 9.59 Å². The highest BCUT2D eigenvalue weighted by Crippen LogP contribution is 2.26. The Labute approximate surface area is 397 Å². The number of carbonyl (C=O) groups excluding carboxylic acids is 2. The molecule has 388 valence electrons. The lowest BCUT2D eigenvalue weighted by Gasteiger charge is -2.42. The molecule has 2 aliphatic heterocycles.